The van der Waals surface area contributed by atoms with Gasteiger partial charge >= 0.3 is 0 Å². The first-order valence-electron chi connectivity index (χ1n) is 13.9. The average Bonchev–Trinajstić information content (AvgIpc) is 3.27. The summed E-state index contributed by atoms with van der Waals surface area (Å²) in [7, 11) is 1.74. The Kier molecular flexibility index (Phi) is 8.33. The van der Waals surface area contributed by atoms with Crippen molar-refractivity contribution in [2.24, 2.45) is 0 Å². The molecule has 0 aromatic heterocycles. The van der Waals surface area contributed by atoms with Crippen LogP contribution in [0.5, 0.6) is 0 Å². The predicted octanol–water partition coefficient (Wildman–Crippen LogP) is 3.93. The molecule has 0 bridgehead atoms. The summed E-state index contributed by atoms with van der Waals surface area (Å²) in [5, 5.41) is 10.9. The fourth-order valence-corrected chi connectivity index (χ4v) is 5.63. The monoisotopic (exact) mass is 567 g/mol. The van der Waals surface area contributed by atoms with Gasteiger partial charge in [0.2, 0.25) is 11.8 Å². The molecule has 0 radical (unpaired) electrons. The number of benzene rings is 3. The van der Waals surface area contributed by atoms with Crippen molar-refractivity contribution in [1.29, 1.82) is 0 Å². The fourth-order valence-electron chi connectivity index (χ4n) is 5.63. The summed E-state index contributed by atoms with van der Waals surface area (Å²) in [6, 6.07) is 25.4. The van der Waals surface area contributed by atoms with Crippen LogP contribution in [0.2, 0.25) is 0 Å². The third-order valence-corrected chi connectivity index (χ3v) is 8.02. The summed E-state index contributed by atoms with van der Waals surface area (Å²) in [6.45, 7) is 1.50. The van der Waals surface area contributed by atoms with E-state index < -0.39 is 10.5 Å². The zero-order chi connectivity index (χ0) is 29.7. The van der Waals surface area contributed by atoms with Crippen molar-refractivity contribution < 1.29 is 19.3 Å². The maximum Gasteiger partial charge on any atom is 0.269 e. The molecule has 3 aromatic rings. The van der Waals surface area contributed by atoms with Gasteiger partial charge in [-0.2, -0.15) is 0 Å². The van der Waals surface area contributed by atoms with Crippen molar-refractivity contribution in [3.8, 4) is 0 Å². The van der Waals surface area contributed by atoms with Gasteiger partial charge < -0.3 is 19.6 Å². The summed E-state index contributed by atoms with van der Waals surface area (Å²) in [5.74, 6) is -0.419. The van der Waals surface area contributed by atoms with Crippen molar-refractivity contribution in [3.63, 3.8) is 0 Å². The molecular formula is C32H33N5O5. The van der Waals surface area contributed by atoms with Crippen LogP contribution in [0.3, 0.4) is 0 Å². The van der Waals surface area contributed by atoms with Crippen molar-refractivity contribution in [2.75, 3.05) is 38.3 Å². The number of carbonyl (C=O) groups excluding carboxylic acids is 3. The molecule has 2 aliphatic rings. The van der Waals surface area contributed by atoms with Crippen LogP contribution in [0.4, 0.5) is 11.4 Å². The Morgan fingerprint density at radius 2 is 1.57 bits per heavy atom. The van der Waals surface area contributed by atoms with E-state index in [0.717, 1.165) is 11.3 Å². The number of non-ortho nitro benzene ring substituents is 1. The molecule has 10 heteroatoms. The zero-order valence-electron chi connectivity index (χ0n) is 23.5. The van der Waals surface area contributed by atoms with E-state index in [1.807, 2.05) is 60.7 Å². The topological polar surface area (TPSA) is 107 Å². The number of anilines is 1. The molecular weight excluding hydrogens is 534 g/mol. The van der Waals surface area contributed by atoms with Crippen LogP contribution in [0, 0.1) is 10.1 Å². The summed E-state index contributed by atoms with van der Waals surface area (Å²) in [6.07, 6.45) is 3.95. The van der Waals surface area contributed by atoms with E-state index in [2.05, 4.69) is 4.90 Å². The Hall–Kier alpha value is -4.99. The molecule has 1 spiro atoms. The molecule has 0 saturated carbocycles. The van der Waals surface area contributed by atoms with E-state index in [4.69, 9.17) is 0 Å². The first-order chi connectivity index (χ1) is 20.3. The molecule has 0 aliphatic carbocycles. The van der Waals surface area contributed by atoms with Crippen molar-refractivity contribution in [1.82, 2.24) is 14.7 Å². The minimum absolute atomic E-state index is 0.0115. The molecule has 42 heavy (non-hydrogen) atoms. The van der Waals surface area contributed by atoms with Gasteiger partial charge in [0, 0.05) is 50.6 Å². The van der Waals surface area contributed by atoms with Gasteiger partial charge in [0.05, 0.1) is 11.6 Å². The molecule has 2 aliphatic heterocycles. The number of hydrogen-bond donors (Lipinski definition) is 0. The van der Waals surface area contributed by atoms with Crippen LogP contribution in [0.25, 0.3) is 6.08 Å². The maximum atomic E-state index is 14.0. The van der Waals surface area contributed by atoms with E-state index >= 15 is 0 Å². The molecule has 10 nitrogen and oxygen atoms in total. The van der Waals surface area contributed by atoms with E-state index in [1.54, 1.807) is 40.0 Å². The third kappa shape index (κ3) is 6.02. The van der Waals surface area contributed by atoms with Gasteiger partial charge in [-0.25, -0.2) is 0 Å². The van der Waals surface area contributed by atoms with Gasteiger partial charge in [0.1, 0.15) is 12.1 Å². The predicted molar refractivity (Wildman–Crippen MR) is 159 cm³/mol. The van der Waals surface area contributed by atoms with Crippen LogP contribution < -0.4 is 4.90 Å². The number of piperidine rings is 1. The molecule has 5 rings (SSSR count). The van der Waals surface area contributed by atoms with Crippen molar-refractivity contribution in [2.45, 2.75) is 24.9 Å². The van der Waals surface area contributed by atoms with Crippen LogP contribution in [0.15, 0.2) is 91.0 Å². The summed E-state index contributed by atoms with van der Waals surface area (Å²) in [4.78, 5) is 57.6. The molecule has 0 atom stereocenters. The number of nitro groups is 1. The molecule has 216 valence electrons. The van der Waals surface area contributed by atoms with E-state index in [-0.39, 0.29) is 30.0 Å². The molecule has 3 aromatic carbocycles. The quantitative estimate of drug-likeness (QED) is 0.232. The van der Waals surface area contributed by atoms with Gasteiger partial charge in [0.15, 0.2) is 0 Å². The second-order valence-corrected chi connectivity index (χ2v) is 10.7. The van der Waals surface area contributed by atoms with E-state index in [9.17, 15) is 24.5 Å². The summed E-state index contributed by atoms with van der Waals surface area (Å²) in [5.41, 5.74) is 1.74. The Morgan fingerprint density at radius 3 is 2.19 bits per heavy atom. The van der Waals surface area contributed by atoms with Crippen LogP contribution in [-0.4, -0.2) is 76.2 Å². The largest absolute Gasteiger partial charge is 0.340 e. The molecule has 3 amide bonds. The van der Waals surface area contributed by atoms with Gasteiger partial charge in [0.25, 0.3) is 11.6 Å². The zero-order valence-corrected chi connectivity index (χ0v) is 23.5. The lowest BCUT2D eigenvalue weighted by Crippen LogP contribution is -2.57. The number of carbonyl (C=O) groups is 3. The first kappa shape index (κ1) is 28.5. The Bertz CT molecular complexity index is 1470. The second-order valence-electron chi connectivity index (χ2n) is 10.7. The normalized spacial score (nSPS) is 16.3. The number of hydrogen-bond acceptors (Lipinski definition) is 6. The van der Waals surface area contributed by atoms with Gasteiger partial charge in [-0.3, -0.25) is 24.5 Å². The van der Waals surface area contributed by atoms with E-state index in [1.165, 1.54) is 18.2 Å². The van der Waals surface area contributed by atoms with Crippen LogP contribution in [-0.2, 0) is 20.9 Å². The number of para-hydroxylation sites is 1. The Labute approximate surface area is 244 Å². The maximum absolute atomic E-state index is 14.0. The highest BCUT2D eigenvalue weighted by molar-refractivity contribution is 5.97. The van der Waals surface area contributed by atoms with Gasteiger partial charge in [-0.05, 0) is 54.3 Å². The highest BCUT2D eigenvalue weighted by Crippen LogP contribution is 2.39. The lowest BCUT2D eigenvalue weighted by atomic mass is 9.85. The number of likely N-dealkylation sites (tertiary alicyclic amines) is 1. The average molecular weight is 568 g/mol. The number of likely N-dealkylation sites (N-methyl/N-ethyl adjacent to an activating group) is 1. The number of nitrogens with zero attached hydrogens (tertiary/aromatic N) is 5. The number of nitro benzene ring substituents is 1. The minimum atomic E-state index is -0.849. The van der Waals surface area contributed by atoms with Crippen LogP contribution >= 0.6 is 0 Å². The smallest absolute Gasteiger partial charge is 0.269 e. The Balaban J connectivity index is 1.27. The van der Waals surface area contributed by atoms with Gasteiger partial charge in [-0.1, -0.05) is 48.5 Å². The second kappa shape index (κ2) is 12.3. The summed E-state index contributed by atoms with van der Waals surface area (Å²) >= 11 is 0. The minimum Gasteiger partial charge on any atom is -0.340 e. The van der Waals surface area contributed by atoms with Gasteiger partial charge in [-0.15, -0.1) is 0 Å². The highest BCUT2D eigenvalue weighted by Gasteiger charge is 2.54. The fraction of sp³-hybridized carbons (Fsp3) is 0.281. The first-order valence-corrected chi connectivity index (χ1v) is 13.9. The highest BCUT2D eigenvalue weighted by atomic mass is 16.6. The number of rotatable bonds is 8. The molecule has 2 heterocycles. The summed E-state index contributed by atoms with van der Waals surface area (Å²) < 4.78 is 0. The Morgan fingerprint density at radius 1 is 0.952 bits per heavy atom. The molecule has 0 N–H and O–H groups in total. The standard InChI is InChI=1S/C32H33N5O5/c1-33(22-26-8-4-2-5-9-26)30(39)23-35-24-36(27-10-6-3-7-11-27)32(31(35)40)18-20-34(21-19-32)29(38)17-14-25-12-15-28(16-13-25)37(41)42/h2-17H,18-24H2,1H3. The number of amides is 3. The third-order valence-electron chi connectivity index (χ3n) is 8.02. The van der Waals surface area contributed by atoms with Crippen molar-refractivity contribution >= 4 is 35.2 Å². The van der Waals surface area contributed by atoms with E-state index in [0.29, 0.717) is 44.7 Å². The SMILES string of the molecule is CN(Cc1ccccc1)C(=O)CN1CN(c2ccccc2)C2(CCN(C(=O)C=Cc3ccc([N+](=O)[O-])cc3)CC2)C1=O. The van der Waals surface area contributed by atoms with Crippen LogP contribution in [0.1, 0.15) is 24.0 Å². The molecule has 2 fully saturated rings. The lowest BCUT2D eigenvalue weighted by Gasteiger charge is -2.43. The lowest BCUT2D eigenvalue weighted by molar-refractivity contribution is -0.384. The molecule has 0 unspecified atom stereocenters. The van der Waals surface area contributed by atoms with Crippen molar-refractivity contribution in [3.05, 3.63) is 112 Å². The molecule has 2 saturated heterocycles.